The smallest absolute Gasteiger partial charge is 0.339 e. The van der Waals surface area contributed by atoms with Crippen molar-refractivity contribution >= 4 is 22.8 Å². The molecule has 0 unspecified atom stereocenters. The molecule has 0 heterocycles. The molecule has 0 saturated heterocycles. The second kappa shape index (κ2) is 6.36. The van der Waals surface area contributed by atoms with Crippen LogP contribution in [0.1, 0.15) is 12.5 Å². The molecule has 114 valence electrons. The number of rotatable bonds is 3. The highest BCUT2D eigenvalue weighted by molar-refractivity contribution is 5.98. The molecule has 0 amide bonds. The van der Waals surface area contributed by atoms with Crippen LogP contribution in [0.4, 0.5) is 0 Å². The number of ether oxygens (including phenoxy) is 1. The Morgan fingerprint density at radius 2 is 1.65 bits per heavy atom. The van der Waals surface area contributed by atoms with Gasteiger partial charge in [-0.2, -0.15) is 0 Å². The zero-order valence-electron chi connectivity index (χ0n) is 12.7. The lowest BCUT2D eigenvalue weighted by atomic mass is 10.0. The fourth-order valence-corrected chi connectivity index (χ4v) is 2.37. The lowest BCUT2D eigenvalue weighted by Crippen LogP contribution is -2.08. The summed E-state index contributed by atoms with van der Waals surface area (Å²) in [5, 5.41) is 11.5. The van der Waals surface area contributed by atoms with Gasteiger partial charge in [0.25, 0.3) is 0 Å². The summed E-state index contributed by atoms with van der Waals surface area (Å²) in [4.78, 5) is 12.2. The molecule has 23 heavy (non-hydrogen) atoms. The van der Waals surface area contributed by atoms with Crippen LogP contribution in [-0.2, 0) is 4.79 Å². The van der Waals surface area contributed by atoms with Gasteiger partial charge in [-0.1, -0.05) is 42.5 Å². The molecular formula is C20H16O3. The lowest BCUT2D eigenvalue weighted by Gasteiger charge is -2.06. The maximum absolute atomic E-state index is 12.2. The highest BCUT2D eigenvalue weighted by Gasteiger charge is 2.08. The number of esters is 1. The quantitative estimate of drug-likeness (QED) is 0.438. The molecule has 3 rings (SSSR count). The Bertz CT molecular complexity index is 872. The molecule has 0 atom stereocenters. The van der Waals surface area contributed by atoms with Gasteiger partial charge in [-0.05, 0) is 53.6 Å². The SMILES string of the molecule is CC(=Cc1cccc2ccccc12)C(=O)Oc1ccc(O)cc1. The normalized spacial score (nSPS) is 11.4. The largest absolute Gasteiger partial charge is 0.508 e. The highest BCUT2D eigenvalue weighted by Crippen LogP contribution is 2.22. The Morgan fingerprint density at radius 3 is 2.43 bits per heavy atom. The molecule has 1 N–H and O–H groups in total. The summed E-state index contributed by atoms with van der Waals surface area (Å²) < 4.78 is 5.30. The van der Waals surface area contributed by atoms with E-state index in [1.165, 1.54) is 12.1 Å². The number of hydrogen-bond donors (Lipinski definition) is 1. The van der Waals surface area contributed by atoms with Gasteiger partial charge in [-0.15, -0.1) is 0 Å². The van der Waals surface area contributed by atoms with Crippen LogP contribution in [0.2, 0.25) is 0 Å². The zero-order valence-corrected chi connectivity index (χ0v) is 12.7. The molecule has 0 radical (unpaired) electrons. The van der Waals surface area contributed by atoms with E-state index in [1.807, 2.05) is 48.5 Å². The summed E-state index contributed by atoms with van der Waals surface area (Å²) in [5.74, 6) is 0.120. The number of carbonyl (C=O) groups is 1. The van der Waals surface area contributed by atoms with Crippen LogP contribution >= 0.6 is 0 Å². The standard InChI is InChI=1S/C20H16O3/c1-14(20(22)23-18-11-9-17(21)10-12-18)13-16-7-4-6-15-5-2-3-8-19(15)16/h2-13,21H,1H3. The highest BCUT2D eigenvalue weighted by atomic mass is 16.5. The number of hydrogen-bond acceptors (Lipinski definition) is 3. The zero-order chi connectivity index (χ0) is 16.2. The van der Waals surface area contributed by atoms with Gasteiger partial charge >= 0.3 is 5.97 Å². The minimum Gasteiger partial charge on any atom is -0.508 e. The molecule has 3 heteroatoms. The van der Waals surface area contributed by atoms with Crippen molar-refractivity contribution in [3.63, 3.8) is 0 Å². The van der Waals surface area contributed by atoms with E-state index >= 15 is 0 Å². The van der Waals surface area contributed by atoms with Crippen LogP contribution in [-0.4, -0.2) is 11.1 Å². The van der Waals surface area contributed by atoms with Gasteiger partial charge in [0.2, 0.25) is 0 Å². The molecule has 0 aliphatic heterocycles. The summed E-state index contributed by atoms with van der Waals surface area (Å²) >= 11 is 0. The van der Waals surface area contributed by atoms with Crippen molar-refractivity contribution < 1.29 is 14.6 Å². The van der Waals surface area contributed by atoms with E-state index in [4.69, 9.17) is 4.74 Å². The van der Waals surface area contributed by atoms with Gasteiger partial charge < -0.3 is 9.84 Å². The molecule has 3 aromatic carbocycles. The van der Waals surface area contributed by atoms with Gasteiger partial charge in [-0.3, -0.25) is 0 Å². The summed E-state index contributed by atoms with van der Waals surface area (Å²) in [6, 6.07) is 20.1. The van der Waals surface area contributed by atoms with Gasteiger partial charge in [-0.25, -0.2) is 4.79 Å². The molecule has 0 aliphatic carbocycles. The molecule has 0 spiro atoms. The first-order valence-corrected chi connectivity index (χ1v) is 7.31. The number of phenolic OH excluding ortho intramolecular Hbond substituents is 1. The van der Waals surface area contributed by atoms with Crippen LogP contribution in [0, 0.1) is 0 Å². The number of aromatic hydroxyl groups is 1. The number of fused-ring (bicyclic) bond motifs is 1. The third-order valence-electron chi connectivity index (χ3n) is 3.56. The first-order chi connectivity index (χ1) is 11.1. The van der Waals surface area contributed by atoms with Gasteiger partial charge in [0.05, 0.1) is 0 Å². The van der Waals surface area contributed by atoms with E-state index in [0.29, 0.717) is 11.3 Å². The van der Waals surface area contributed by atoms with Crippen molar-refractivity contribution in [1.29, 1.82) is 0 Å². The summed E-state index contributed by atoms with van der Waals surface area (Å²) in [6.45, 7) is 1.73. The minimum absolute atomic E-state index is 0.132. The lowest BCUT2D eigenvalue weighted by molar-refractivity contribution is -0.130. The fourth-order valence-electron chi connectivity index (χ4n) is 2.37. The minimum atomic E-state index is -0.413. The van der Waals surface area contributed by atoms with E-state index < -0.39 is 5.97 Å². The van der Waals surface area contributed by atoms with Crippen molar-refractivity contribution in [1.82, 2.24) is 0 Å². The monoisotopic (exact) mass is 304 g/mol. The van der Waals surface area contributed by atoms with E-state index in [2.05, 4.69) is 0 Å². The van der Waals surface area contributed by atoms with E-state index in [0.717, 1.165) is 16.3 Å². The average Bonchev–Trinajstić information content (AvgIpc) is 2.57. The maximum Gasteiger partial charge on any atom is 0.339 e. The van der Waals surface area contributed by atoms with E-state index in [1.54, 1.807) is 19.1 Å². The summed E-state index contributed by atoms with van der Waals surface area (Å²) in [7, 11) is 0. The number of benzene rings is 3. The summed E-state index contributed by atoms with van der Waals surface area (Å²) in [6.07, 6.45) is 1.82. The molecule has 0 aliphatic rings. The number of carbonyl (C=O) groups excluding carboxylic acids is 1. The van der Waals surface area contributed by atoms with Crippen LogP contribution in [0.3, 0.4) is 0 Å². The molecule has 3 aromatic rings. The first kappa shape index (κ1) is 14.9. The van der Waals surface area contributed by atoms with Crippen molar-refractivity contribution in [2.24, 2.45) is 0 Å². The van der Waals surface area contributed by atoms with E-state index in [-0.39, 0.29) is 5.75 Å². The second-order valence-electron chi connectivity index (χ2n) is 5.28. The molecule has 0 fully saturated rings. The fraction of sp³-hybridized carbons (Fsp3) is 0.0500. The second-order valence-corrected chi connectivity index (χ2v) is 5.28. The molecule has 0 saturated carbocycles. The maximum atomic E-state index is 12.2. The van der Waals surface area contributed by atoms with Crippen molar-refractivity contribution in [3.05, 3.63) is 77.9 Å². The van der Waals surface area contributed by atoms with Gasteiger partial charge in [0.1, 0.15) is 11.5 Å². The molecule has 0 bridgehead atoms. The Labute approximate surface area is 134 Å². The molecule has 3 nitrogen and oxygen atoms in total. The van der Waals surface area contributed by atoms with Gasteiger partial charge in [0.15, 0.2) is 0 Å². The first-order valence-electron chi connectivity index (χ1n) is 7.31. The summed E-state index contributed by atoms with van der Waals surface area (Å²) in [5.41, 5.74) is 1.48. The van der Waals surface area contributed by atoms with Crippen LogP contribution in [0.15, 0.2) is 72.3 Å². The Morgan fingerprint density at radius 1 is 0.957 bits per heavy atom. The van der Waals surface area contributed by atoms with Crippen molar-refractivity contribution in [3.8, 4) is 11.5 Å². The van der Waals surface area contributed by atoms with E-state index in [9.17, 15) is 9.90 Å². The predicted molar refractivity (Wildman–Crippen MR) is 91.3 cm³/mol. The van der Waals surface area contributed by atoms with Gasteiger partial charge in [0, 0.05) is 5.57 Å². The molecule has 0 aromatic heterocycles. The number of phenols is 1. The van der Waals surface area contributed by atoms with Crippen LogP contribution in [0.5, 0.6) is 11.5 Å². The Balaban J connectivity index is 1.86. The average molecular weight is 304 g/mol. The third kappa shape index (κ3) is 3.40. The Hall–Kier alpha value is -3.07. The van der Waals surface area contributed by atoms with Crippen LogP contribution < -0.4 is 4.74 Å². The predicted octanol–water partition coefficient (Wildman–Crippen LogP) is 4.55. The van der Waals surface area contributed by atoms with Crippen molar-refractivity contribution in [2.45, 2.75) is 6.92 Å². The Kier molecular flexibility index (Phi) is 4.11. The topological polar surface area (TPSA) is 46.5 Å². The molecular weight excluding hydrogens is 288 g/mol. The third-order valence-corrected chi connectivity index (χ3v) is 3.56. The van der Waals surface area contributed by atoms with Crippen molar-refractivity contribution in [2.75, 3.05) is 0 Å². The van der Waals surface area contributed by atoms with Crippen LogP contribution in [0.25, 0.3) is 16.8 Å².